The molecule has 4 nitrogen and oxygen atoms in total. The Hall–Kier alpha value is -2.62. The lowest BCUT2D eigenvalue weighted by Gasteiger charge is -2.21. The van der Waals surface area contributed by atoms with E-state index in [-0.39, 0.29) is 5.78 Å². The Labute approximate surface area is 137 Å². The quantitative estimate of drug-likeness (QED) is 0.257. The van der Waals surface area contributed by atoms with E-state index < -0.39 is 0 Å². The molecule has 0 bridgehead atoms. The summed E-state index contributed by atoms with van der Waals surface area (Å²) in [5.41, 5.74) is 3.19. The van der Waals surface area contributed by atoms with Gasteiger partial charge >= 0.3 is 0 Å². The first-order valence-corrected chi connectivity index (χ1v) is 7.80. The molecule has 0 saturated carbocycles. The van der Waals surface area contributed by atoms with Crippen LogP contribution < -0.4 is 4.90 Å². The molecule has 0 heterocycles. The second-order valence-corrected chi connectivity index (χ2v) is 5.36. The Morgan fingerprint density at radius 1 is 1.04 bits per heavy atom. The van der Waals surface area contributed by atoms with Crippen molar-refractivity contribution in [2.45, 2.75) is 20.3 Å². The van der Waals surface area contributed by atoms with Crippen LogP contribution in [0.15, 0.2) is 48.5 Å². The molecule has 2 rings (SSSR count). The lowest BCUT2D eigenvalue weighted by Crippen LogP contribution is -2.21. The van der Waals surface area contributed by atoms with Crippen molar-refractivity contribution in [2.75, 3.05) is 18.0 Å². The van der Waals surface area contributed by atoms with Crippen LogP contribution >= 0.6 is 0 Å². The molecular weight excluding hydrogens is 288 g/mol. The summed E-state index contributed by atoms with van der Waals surface area (Å²) < 4.78 is 0.528. The van der Waals surface area contributed by atoms with E-state index in [1.807, 2.05) is 12.1 Å². The minimum atomic E-state index is 0.0358. The highest BCUT2D eigenvalue weighted by Gasteiger charge is 2.09. The van der Waals surface area contributed by atoms with E-state index in [4.69, 9.17) is 0 Å². The summed E-state index contributed by atoms with van der Waals surface area (Å²) in [5, 5.41) is 11.1. The van der Waals surface area contributed by atoms with Crippen LogP contribution in [0.1, 0.15) is 29.8 Å². The van der Waals surface area contributed by atoms with E-state index in [9.17, 15) is 10.0 Å². The van der Waals surface area contributed by atoms with Crippen LogP contribution in [0.25, 0.3) is 0 Å². The van der Waals surface area contributed by atoms with Crippen LogP contribution in [0.5, 0.6) is 0 Å². The third kappa shape index (κ3) is 4.19. The summed E-state index contributed by atoms with van der Waals surface area (Å²) in [6, 6.07) is 14.6. The predicted molar refractivity (Wildman–Crippen MR) is 94.9 cm³/mol. The molecule has 2 aromatic carbocycles. The van der Waals surface area contributed by atoms with E-state index >= 15 is 0 Å². The number of carbonyl (C=O) groups excluding carboxylic acids is 1. The first-order chi connectivity index (χ1) is 11.0. The van der Waals surface area contributed by atoms with E-state index in [2.05, 4.69) is 37.6 Å². The molecule has 0 aliphatic rings. The number of carbonyl (C=O) groups is 1. The number of anilines is 1. The van der Waals surface area contributed by atoms with E-state index in [1.54, 1.807) is 24.3 Å². The molecule has 0 aliphatic carbocycles. The molecule has 0 spiro atoms. The van der Waals surface area contributed by atoms with Crippen molar-refractivity contribution in [2.24, 2.45) is 0 Å². The Morgan fingerprint density at radius 3 is 2.09 bits per heavy atom. The SMILES string of the molecule is C=[N+]([O-])c1ccc(C(=O)Cc2ccc(N(CC)CC)cc2)cc1. The van der Waals surface area contributed by atoms with Gasteiger partial charge in [0.2, 0.25) is 5.69 Å². The van der Waals surface area contributed by atoms with Gasteiger partial charge in [0, 0.05) is 42.9 Å². The Bertz CT molecular complexity index is 672. The van der Waals surface area contributed by atoms with Gasteiger partial charge in [-0.05, 0) is 43.7 Å². The van der Waals surface area contributed by atoms with Crippen molar-refractivity contribution < 1.29 is 9.53 Å². The fraction of sp³-hybridized carbons (Fsp3) is 0.263. The fourth-order valence-electron chi connectivity index (χ4n) is 2.51. The summed E-state index contributed by atoms with van der Waals surface area (Å²) in [7, 11) is 0. The van der Waals surface area contributed by atoms with Crippen LogP contribution in [0, 0.1) is 5.21 Å². The number of rotatable bonds is 7. The van der Waals surface area contributed by atoms with Gasteiger partial charge in [0.15, 0.2) is 5.78 Å². The molecule has 0 unspecified atom stereocenters. The normalized spacial score (nSPS) is 10.3. The van der Waals surface area contributed by atoms with Crippen LogP contribution in [0.2, 0.25) is 0 Å². The Kier molecular flexibility index (Phi) is 5.52. The van der Waals surface area contributed by atoms with E-state index in [0.29, 0.717) is 22.4 Å². The van der Waals surface area contributed by atoms with Gasteiger partial charge in [-0.15, -0.1) is 0 Å². The average molecular weight is 310 g/mol. The molecule has 0 radical (unpaired) electrons. The topological polar surface area (TPSA) is 46.4 Å². The standard InChI is InChI=1S/C19H22N2O2/c1-4-21(5-2)18-10-6-15(7-11-18)14-19(22)16-8-12-17(13-9-16)20(3)23/h6-13H,3-5,14H2,1-2H3. The maximum absolute atomic E-state index is 12.3. The molecule has 0 saturated heterocycles. The first-order valence-electron chi connectivity index (χ1n) is 7.80. The Balaban J connectivity index is 2.06. The van der Waals surface area contributed by atoms with Crippen LogP contribution in [0.4, 0.5) is 11.4 Å². The number of hydrogen-bond acceptors (Lipinski definition) is 3. The number of benzene rings is 2. The van der Waals surface area contributed by atoms with Crippen molar-refractivity contribution in [1.29, 1.82) is 0 Å². The van der Waals surface area contributed by atoms with Gasteiger partial charge in [-0.2, -0.15) is 4.74 Å². The molecule has 0 atom stereocenters. The molecule has 0 aliphatic heterocycles. The Morgan fingerprint density at radius 2 is 1.61 bits per heavy atom. The van der Waals surface area contributed by atoms with E-state index in [1.165, 1.54) is 5.69 Å². The fourth-order valence-corrected chi connectivity index (χ4v) is 2.51. The number of ketones is 1. The lowest BCUT2D eigenvalue weighted by atomic mass is 10.0. The second-order valence-electron chi connectivity index (χ2n) is 5.36. The maximum Gasteiger partial charge on any atom is 0.215 e. The van der Waals surface area contributed by atoms with Gasteiger partial charge in [-0.25, -0.2) is 0 Å². The molecule has 0 aromatic heterocycles. The highest BCUT2D eigenvalue weighted by Crippen LogP contribution is 2.17. The predicted octanol–water partition coefficient (Wildman–Crippen LogP) is 3.80. The first kappa shape index (κ1) is 16.7. The monoisotopic (exact) mass is 310 g/mol. The van der Waals surface area contributed by atoms with Crippen molar-refractivity contribution >= 4 is 23.9 Å². The molecule has 120 valence electrons. The van der Waals surface area contributed by atoms with Crippen LogP contribution in [-0.2, 0) is 6.42 Å². The smallest absolute Gasteiger partial charge is 0.215 e. The molecule has 0 N–H and O–H groups in total. The van der Waals surface area contributed by atoms with Crippen molar-refractivity contribution in [3.05, 3.63) is 64.9 Å². The minimum Gasteiger partial charge on any atom is -0.619 e. The summed E-state index contributed by atoms with van der Waals surface area (Å²) in [6.45, 7) is 9.45. The number of nitrogens with zero attached hydrogens (tertiary/aromatic N) is 2. The highest BCUT2D eigenvalue weighted by molar-refractivity contribution is 5.97. The van der Waals surface area contributed by atoms with Gasteiger partial charge in [0.05, 0.1) is 0 Å². The van der Waals surface area contributed by atoms with Gasteiger partial charge < -0.3 is 10.1 Å². The van der Waals surface area contributed by atoms with Gasteiger partial charge in [-0.3, -0.25) is 4.79 Å². The van der Waals surface area contributed by atoms with Gasteiger partial charge in [0.1, 0.15) is 6.72 Å². The van der Waals surface area contributed by atoms with Crippen LogP contribution in [-0.4, -0.2) is 30.3 Å². The molecule has 2 aromatic rings. The molecule has 0 amide bonds. The average Bonchev–Trinajstić information content (AvgIpc) is 2.57. The summed E-state index contributed by atoms with van der Waals surface area (Å²) >= 11 is 0. The third-order valence-electron chi connectivity index (χ3n) is 3.91. The minimum absolute atomic E-state index is 0.0358. The lowest BCUT2D eigenvalue weighted by molar-refractivity contribution is -0.349. The summed E-state index contributed by atoms with van der Waals surface area (Å²) in [6.07, 6.45) is 0.351. The second kappa shape index (κ2) is 7.58. The molecule has 4 heteroatoms. The van der Waals surface area contributed by atoms with Crippen molar-refractivity contribution in [1.82, 2.24) is 0 Å². The van der Waals surface area contributed by atoms with Crippen LogP contribution in [0.3, 0.4) is 0 Å². The highest BCUT2D eigenvalue weighted by atomic mass is 16.5. The number of Topliss-reactive ketones (excluding diaryl/α,β-unsaturated/α-hetero) is 1. The summed E-state index contributed by atoms with van der Waals surface area (Å²) in [5.74, 6) is 0.0358. The zero-order valence-electron chi connectivity index (χ0n) is 13.7. The molecular formula is C19H22N2O2. The zero-order chi connectivity index (χ0) is 16.8. The maximum atomic E-state index is 12.3. The third-order valence-corrected chi connectivity index (χ3v) is 3.91. The zero-order valence-corrected chi connectivity index (χ0v) is 13.7. The largest absolute Gasteiger partial charge is 0.619 e. The molecule has 23 heavy (non-hydrogen) atoms. The van der Waals surface area contributed by atoms with E-state index in [0.717, 1.165) is 18.7 Å². The van der Waals surface area contributed by atoms with Crippen molar-refractivity contribution in [3.63, 3.8) is 0 Å². The van der Waals surface area contributed by atoms with Crippen molar-refractivity contribution in [3.8, 4) is 0 Å². The summed E-state index contributed by atoms with van der Waals surface area (Å²) in [4.78, 5) is 14.6. The van der Waals surface area contributed by atoms with Gasteiger partial charge in [0.25, 0.3) is 0 Å². The molecule has 0 fully saturated rings. The number of hydrogen-bond donors (Lipinski definition) is 0. The van der Waals surface area contributed by atoms with Gasteiger partial charge in [-0.1, -0.05) is 12.1 Å².